The third kappa shape index (κ3) is 5.35. The fraction of sp³-hybridized carbons (Fsp3) is 0.812. The second kappa shape index (κ2) is 7.09. The Kier molecular flexibility index (Phi) is 6.05. The maximum Gasteiger partial charge on any atom is 0.305 e. The van der Waals surface area contributed by atoms with Crippen LogP contribution in [-0.2, 0) is 14.3 Å². The van der Waals surface area contributed by atoms with E-state index in [1.165, 1.54) is 6.42 Å². The van der Waals surface area contributed by atoms with Crippen molar-refractivity contribution in [3.05, 3.63) is 12.2 Å². The van der Waals surface area contributed by atoms with E-state index in [2.05, 4.69) is 26.0 Å². The Morgan fingerprint density at radius 2 is 2.16 bits per heavy atom. The van der Waals surface area contributed by atoms with Crippen LogP contribution in [0.15, 0.2) is 12.2 Å². The van der Waals surface area contributed by atoms with Crippen LogP contribution in [-0.4, -0.2) is 24.3 Å². The lowest BCUT2D eigenvalue weighted by Gasteiger charge is -2.36. The van der Waals surface area contributed by atoms with Crippen LogP contribution in [0.2, 0.25) is 0 Å². The van der Waals surface area contributed by atoms with E-state index in [0.717, 1.165) is 6.42 Å². The summed E-state index contributed by atoms with van der Waals surface area (Å²) >= 11 is 0. The summed E-state index contributed by atoms with van der Waals surface area (Å²) in [5.41, 5.74) is -0.425. The summed E-state index contributed by atoms with van der Waals surface area (Å²) in [6.45, 7) is 10.5. The van der Waals surface area contributed by atoms with Gasteiger partial charge in [-0.1, -0.05) is 26.0 Å². The normalized spacial score (nSPS) is 25.1. The Morgan fingerprint density at radius 3 is 2.74 bits per heavy atom. The van der Waals surface area contributed by atoms with Crippen LogP contribution in [0.1, 0.15) is 53.9 Å². The molecular formula is C16H28O3. The van der Waals surface area contributed by atoms with Gasteiger partial charge < -0.3 is 9.47 Å². The minimum atomic E-state index is -0.425. The second-order valence-corrected chi connectivity index (χ2v) is 6.13. The van der Waals surface area contributed by atoms with Gasteiger partial charge in [-0.2, -0.15) is 0 Å². The molecule has 110 valence electrons. The van der Waals surface area contributed by atoms with E-state index in [1.807, 2.05) is 13.8 Å². The van der Waals surface area contributed by atoms with Gasteiger partial charge in [0.25, 0.3) is 0 Å². The van der Waals surface area contributed by atoms with Crippen molar-refractivity contribution in [1.82, 2.24) is 0 Å². The van der Waals surface area contributed by atoms with Gasteiger partial charge in [-0.25, -0.2) is 0 Å². The van der Waals surface area contributed by atoms with Crippen molar-refractivity contribution in [1.29, 1.82) is 0 Å². The predicted octanol–water partition coefficient (Wildman–Crippen LogP) is 3.73. The smallest absolute Gasteiger partial charge is 0.305 e. The molecule has 0 saturated heterocycles. The van der Waals surface area contributed by atoms with Gasteiger partial charge in [-0.05, 0) is 45.4 Å². The largest absolute Gasteiger partial charge is 0.463 e. The number of hydrogen-bond donors (Lipinski definition) is 0. The van der Waals surface area contributed by atoms with Crippen LogP contribution < -0.4 is 0 Å². The summed E-state index contributed by atoms with van der Waals surface area (Å²) in [6, 6.07) is 0. The van der Waals surface area contributed by atoms with Crippen molar-refractivity contribution in [3.63, 3.8) is 0 Å². The molecule has 0 amide bonds. The first kappa shape index (κ1) is 16.2. The van der Waals surface area contributed by atoms with Crippen molar-refractivity contribution in [3.8, 4) is 0 Å². The number of carbonyl (C=O) groups is 1. The monoisotopic (exact) mass is 268 g/mol. The first-order valence-electron chi connectivity index (χ1n) is 7.36. The Bertz CT molecular complexity index is 320. The molecule has 0 radical (unpaired) electrons. The van der Waals surface area contributed by atoms with Crippen LogP contribution in [0.5, 0.6) is 0 Å². The molecule has 0 heterocycles. The summed E-state index contributed by atoms with van der Waals surface area (Å²) in [5.74, 6) is 0.933. The first-order chi connectivity index (χ1) is 8.85. The second-order valence-electron chi connectivity index (χ2n) is 6.13. The minimum Gasteiger partial charge on any atom is -0.463 e. The van der Waals surface area contributed by atoms with Gasteiger partial charge in [0.1, 0.15) is 6.61 Å². The highest BCUT2D eigenvalue weighted by molar-refractivity contribution is 5.68. The highest BCUT2D eigenvalue weighted by Gasteiger charge is 2.30. The quantitative estimate of drug-likeness (QED) is 0.544. The van der Waals surface area contributed by atoms with Crippen LogP contribution in [0.4, 0.5) is 0 Å². The zero-order valence-corrected chi connectivity index (χ0v) is 12.9. The third-order valence-corrected chi connectivity index (χ3v) is 3.76. The summed E-state index contributed by atoms with van der Waals surface area (Å²) in [5, 5.41) is 0. The number of rotatable bonds is 6. The third-order valence-electron chi connectivity index (χ3n) is 3.76. The number of hydrogen-bond acceptors (Lipinski definition) is 3. The lowest BCUT2D eigenvalue weighted by atomic mass is 9.81. The van der Waals surface area contributed by atoms with E-state index in [9.17, 15) is 4.79 Å². The molecule has 1 aliphatic carbocycles. The van der Waals surface area contributed by atoms with Gasteiger partial charge >= 0.3 is 5.97 Å². The molecule has 0 N–H and O–H groups in total. The summed E-state index contributed by atoms with van der Waals surface area (Å²) in [4.78, 5) is 11.2. The lowest BCUT2D eigenvalue weighted by molar-refractivity contribution is -0.161. The number of esters is 1. The van der Waals surface area contributed by atoms with E-state index in [4.69, 9.17) is 9.47 Å². The van der Waals surface area contributed by atoms with E-state index in [0.29, 0.717) is 24.9 Å². The summed E-state index contributed by atoms with van der Waals surface area (Å²) < 4.78 is 11.3. The molecule has 3 atom stereocenters. The summed E-state index contributed by atoms with van der Waals surface area (Å²) in [7, 11) is 0. The first-order valence-corrected chi connectivity index (χ1v) is 7.36. The zero-order valence-electron chi connectivity index (χ0n) is 12.9. The molecule has 3 heteroatoms. The molecule has 0 fully saturated rings. The van der Waals surface area contributed by atoms with Gasteiger partial charge in [0, 0.05) is 6.42 Å². The van der Waals surface area contributed by atoms with Crippen LogP contribution in [0.3, 0.4) is 0 Å². The van der Waals surface area contributed by atoms with Gasteiger partial charge in [0.2, 0.25) is 0 Å². The van der Waals surface area contributed by atoms with Gasteiger partial charge in [-0.15, -0.1) is 0 Å². The highest BCUT2D eigenvalue weighted by atomic mass is 16.6. The van der Waals surface area contributed by atoms with Crippen molar-refractivity contribution < 1.29 is 14.3 Å². The fourth-order valence-corrected chi connectivity index (χ4v) is 2.65. The molecular weight excluding hydrogens is 240 g/mol. The number of allylic oxidation sites excluding steroid dienone is 2. The minimum absolute atomic E-state index is 0.168. The molecule has 1 aliphatic rings. The van der Waals surface area contributed by atoms with Gasteiger partial charge in [-0.3, -0.25) is 4.79 Å². The van der Waals surface area contributed by atoms with Crippen molar-refractivity contribution in [2.24, 2.45) is 11.8 Å². The molecule has 0 aromatic heterocycles. The Balaban J connectivity index is 2.47. The molecule has 0 bridgehead atoms. The van der Waals surface area contributed by atoms with Crippen molar-refractivity contribution in [2.45, 2.75) is 65.6 Å². The molecule has 3 unspecified atom stereocenters. The Morgan fingerprint density at radius 1 is 1.47 bits per heavy atom. The molecule has 19 heavy (non-hydrogen) atoms. The standard InChI is InChI=1S/C16H28O3/c1-6-15(17)18-11-16(4,5)19-13(3)14-10-8-7-9-12(14)2/h7,9,12-14H,6,8,10-11H2,1-5H3. The topological polar surface area (TPSA) is 35.5 Å². The van der Waals surface area contributed by atoms with Gasteiger partial charge in [0.05, 0.1) is 11.7 Å². The molecule has 1 rings (SSSR count). The Hall–Kier alpha value is -0.830. The van der Waals surface area contributed by atoms with E-state index < -0.39 is 5.60 Å². The molecule has 3 nitrogen and oxygen atoms in total. The van der Waals surface area contributed by atoms with Crippen molar-refractivity contribution in [2.75, 3.05) is 6.61 Å². The molecule has 0 aliphatic heterocycles. The van der Waals surface area contributed by atoms with Crippen molar-refractivity contribution >= 4 is 5.97 Å². The number of carbonyl (C=O) groups excluding carboxylic acids is 1. The predicted molar refractivity (Wildman–Crippen MR) is 76.9 cm³/mol. The van der Waals surface area contributed by atoms with Crippen LogP contribution >= 0.6 is 0 Å². The zero-order chi connectivity index (χ0) is 14.5. The van der Waals surface area contributed by atoms with E-state index in [1.54, 1.807) is 6.92 Å². The number of ether oxygens (including phenoxy) is 2. The SMILES string of the molecule is CCC(=O)OCC(C)(C)OC(C)C1CCC=CC1C. The van der Waals surface area contributed by atoms with Gasteiger partial charge in [0.15, 0.2) is 0 Å². The molecule has 0 spiro atoms. The van der Waals surface area contributed by atoms with E-state index >= 15 is 0 Å². The average molecular weight is 268 g/mol. The molecule has 0 aromatic carbocycles. The van der Waals surface area contributed by atoms with Crippen LogP contribution in [0, 0.1) is 11.8 Å². The highest BCUT2D eigenvalue weighted by Crippen LogP contribution is 2.31. The maximum atomic E-state index is 11.2. The maximum absolute atomic E-state index is 11.2. The summed E-state index contributed by atoms with van der Waals surface area (Å²) in [6.07, 6.45) is 7.42. The molecule has 0 saturated carbocycles. The molecule has 0 aromatic rings. The van der Waals surface area contributed by atoms with E-state index in [-0.39, 0.29) is 12.1 Å². The lowest BCUT2D eigenvalue weighted by Crippen LogP contribution is -2.39. The van der Waals surface area contributed by atoms with Crippen LogP contribution in [0.25, 0.3) is 0 Å². The fourth-order valence-electron chi connectivity index (χ4n) is 2.65. The Labute approximate surface area is 117 Å². The average Bonchev–Trinajstić information content (AvgIpc) is 2.36.